The van der Waals surface area contributed by atoms with Crippen LogP contribution < -0.4 is 15.4 Å². The summed E-state index contributed by atoms with van der Waals surface area (Å²) < 4.78 is 5.31. The third-order valence-electron chi connectivity index (χ3n) is 5.31. The molecular formula is C27H30N2O3. The van der Waals surface area contributed by atoms with E-state index < -0.39 is 0 Å². The number of hydrogen-bond donors (Lipinski definition) is 2. The van der Waals surface area contributed by atoms with Gasteiger partial charge in [0.25, 0.3) is 11.8 Å². The first-order valence-corrected chi connectivity index (χ1v) is 10.7. The molecule has 3 aromatic carbocycles. The van der Waals surface area contributed by atoms with Crippen LogP contribution in [0.2, 0.25) is 0 Å². The summed E-state index contributed by atoms with van der Waals surface area (Å²) in [7, 11) is 1.61. The topological polar surface area (TPSA) is 67.4 Å². The van der Waals surface area contributed by atoms with Gasteiger partial charge in [0.1, 0.15) is 5.75 Å². The van der Waals surface area contributed by atoms with Crippen LogP contribution in [0.1, 0.15) is 58.2 Å². The van der Waals surface area contributed by atoms with Crippen molar-refractivity contribution in [3.63, 3.8) is 0 Å². The predicted molar refractivity (Wildman–Crippen MR) is 127 cm³/mol. The fourth-order valence-corrected chi connectivity index (χ4v) is 3.31. The zero-order valence-corrected chi connectivity index (χ0v) is 19.1. The van der Waals surface area contributed by atoms with Gasteiger partial charge in [0, 0.05) is 29.8 Å². The average Bonchev–Trinajstić information content (AvgIpc) is 2.81. The lowest BCUT2D eigenvalue weighted by atomic mass is 9.87. The Morgan fingerprint density at radius 1 is 0.750 bits per heavy atom. The molecule has 5 nitrogen and oxygen atoms in total. The molecule has 0 aliphatic heterocycles. The highest BCUT2D eigenvalue weighted by atomic mass is 16.5. The Kier molecular flexibility index (Phi) is 7.31. The lowest BCUT2D eigenvalue weighted by Gasteiger charge is -2.19. The molecule has 0 heterocycles. The van der Waals surface area contributed by atoms with Gasteiger partial charge in [-0.1, -0.05) is 63.2 Å². The van der Waals surface area contributed by atoms with Crippen LogP contribution in [-0.2, 0) is 18.5 Å². The van der Waals surface area contributed by atoms with Crippen LogP contribution >= 0.6 is 0 Å². The third kappa shape index (κ3) is 5.97. The maximum Gasteiger partial charge on any atom is 0.251 e. The molecule has 166 valence electrons. The number of methoxy groups -OCH3 is 1. The van der Waals surface area contributed by atoms with Crippen molar-refractivity contribution in [2.45, 2.75) is 39.3 Å². The second-order valence-electron chi connectivity index (χ2n) is 8.70. The number of amides is 2. The lowest BCUT2D eigenvalue weighted by molar-refractivity contribution is 0.0941. The Bertz CT molecular complexity index is 1070. The SMILES string of the molecule is COc1ccccc1CNC(=O)c1ccc(CNC(=O)c2ccc(C(C)(C)C)cc2)cc1. The molecule has 0 saturated heterocycles. The summed E-state index contributed by atoms with van der Waals surface area (Å²) >= 11 is 0. The number of nitrogens with one attached hydrogen (secondary N) is 2. The van der Waals surface area contributed by atoms with Gasteiger partial charge in [0.15, 0.2) is 0 Å². The van der Waals surface area contributed by atoms with Gasteiger partial charge in [-0.3, -0.25) is 9.59 Å². The van der Waals surface area contributed by atoms with Crippen LogP contribution in [0.4, 0.5) is 0 Å². The van der Waals surface area contributed by atoms with E-state index in [9.17, 15) is 9.59 Å². The molecule has 0 atom stereocenters. The molecule has 0 aromatic heterocycles. The van der Waals surface area contributed by atoms with E-state index >= 15 is 0 Å². The van der Waals surface area contributed by atoms with Crippen LogP contribution in [0.15, 0.2) is 72.8 Å². The summed E-state index contributed by atoms with van der Waals surface area (Å²) in [5.41, 5.74) is 4.27. The summed E-state index contributed by atoms with van der Waals surface area (Å²) in [6, 6.07) is 22.5. The second kappa shape index (κ2) is 10.1. The van der Waals surface area contributed by atoms with Crippen molar-refractivity contribution < 1.29 is 14.3 Å². The van der Waals surface area contributed by atoms with E-state index in [1.54, 1.807) is 19.2 Å². The van der Waals surface area contributed by atoms with Gasteiger partial charge in [-0.2, -0.15) is 0 Å². The number of rotatable bonds is 7. The molecule has 3 aromatic rings. The molecule has 0 spiro atoms. The van der Waals surface area contributed by atoms with Crippen LogP contribution in [0, 0.1) is 0 Å². The standard InChI is InChI=1S/C27H30N2O3/c1-27(2,3)23-15-13-21(14-16-23)25(30)28-17-19-9-11-20(12-10-19)26(31)29-18-22-7-5-6-8-24(22)32-4/h5-16H,17-18H2,1-4H3,(H,28,30)(H,29,31). The maximum absolute atomic E-state index is 12.5. The normalized spacial score (nSPS) is 11.0. The molecule has 2 amide bonds. The van der Waals surface area contributed by atoms with Crippen molar-refractivity contribution in [3.05, 3.63) is 101 Å². The number of carbonyl (C=O) groups is 2. The highest BCUT2D eigenvalue weighted by Gasteiger charge is 2.14. The van der Waals surface area contributed by atoms with E-state index in [1.807, 2.05) is 60.7 Å². The molecule has 0 unspecified atom stereocenters. The van der Waals surface area contributed by atoms with Crippen LogP contribution in [0.25, 0.3) is 0 Å². The van der Waals surface area contributed by atoms with Crippen LogP contribution in [-0.4, -0.2) is 18.9 Å². The van der Waals surface area contributed by atoms with Gasteiger partial charge >= 0.3 is 0 Å². The fourth-order valence-electron chi connectivity index (χ4n) is 3.31. The number of carbonyl (C=O) groups excluding carboxylic acids is 2. The summed E-state index contributed by atoms with van der Waals surface area (Å²) in [6.07, 6.45) is 0. The minimum atomic E-state index is -0.162. The highest BCUT2D eigenvalue weighted by Crippen LogP contribution is 2.22. The molecule has 5 heteroatoms. The zero-order chi connectivity index (χ0) is 23.1. The lowest BCUT2D eigenvalue weighted by Crippen LogP contribution is -2.24. The van der Waals surface area contributed by atoms with Crippen molar-refractivity contribution in [3.8, 4) is 5.75 Å². The van der Waals surface area contributed by atoms with Crippen molar-refractivity contribution in [2.75, 3.05) is 7.11 Å². The molecular weight excluding hydrogens is 400 g/mol. The molecule has 32 heavy (non-hydrogen) atoms. The van der Waals surface area contributed by atoms with Gasteiger partial charge in [-0.25, -0.2) is 0 Å². The molecule has 0 radical (unpaired) electrons. The fraction of sp³-hybridized carbons (Fsp3) is 0.259. The summed E-state index contributed by atoms with van der Waals surface area (Å²) in [6.45, 7) is 7.21. The minimum Gasteiger partial charge on any atom is -0.496 e. The van der Waals surface area contributed by atoms with E-state index in [4.69, 9.17) is 4.74 Å². The number of benzene rings is 3. The Hall–Kier alpha value is -3.60. The van der Waals surface area contributed by atoms with Crippen LogP contribution in [0.3, 0.4) is 0 Å². The van der Waals surface area contributed by atoms with Gasteiger partial charge in [-0.05, 0) is 46.9 Å². The van der Waals surface area contributed by atoms with E-state index in [0.717, 1.165) is 16.9 Å². The first-order valence-electron chi connectivity index (χ1n) is 10.7. The minimum absolute atomic E-state index is 0.0518. The smallest absolute Gasteiger partial charge is 0.251 e. The monoisotopic (exact) mass is 430 g/mol. The summed E-state index contributed by atoms with van der Waals surface area (Å²) in [5, 5.41) is 5.84. The maximum atomic E-state index is 12.5. The molecule has 0 bridgehead atoms. The van der Waals surface area contributed by atoms with Gasteiger partial charge < -0.3 is 15.4 Å². The van der Waals surface area contributed by atoms with Crippen molar-refractivity contribution >= 4 is 11.8 Å². The number of ether oxygens (including phenoxy) is 1. The number of para-hydroxylation sites is 1. The van der Waals surface area contributed by atoms with Gasteiger partial charge in [0.2, 0.25) is 0 Å². The Morgan fingerprint density at radius 2 is 1.28 bits per heavy atom. The Balaban J connectivity index is 1.53. The van der Waals surface area contributed by atoms with E-state index in [1.165, 1.54) is 5.56 Å². The van der Waals surface area contributed by atoms with Crippen molar-refractivity contribution in [1.82, 2.24) is 10.6 Å². The van der Waals surface area contributed by atoms with Crippen LogP contribution in [0.5, 0.6) is 5.75 Å². The Morgan fingerprint density at radius 3 is 1.84 bits per heavy atom. The zero-order valence-electron chi connectivity index (χ0n) is 19.1. The Labute approximate surface area is 189 Å². The molecule has 0 saturated carbocycles. The van der Waals surface area contributed by atoms with E-state index in [-0.39, 0.29) is 17.2 Å². The third-order valence-corrected chi connectivity index (χ3v) is 5.31. The molecule has 0 fully saturated rings. The number of hydrogen-bond acceptors (Lipinski definition) is 3. The molecule has 2 N–H and O–H groups in total. The first kappa shape index (κ1) is 23.1. The molecule has 0 aliphatic carbocycles. The highest BCUT2D eigenvalue weighted by molar-refractivity contribution is 5.95. The molecule has 0 aliphatic rings. The first-order chi connectivity index (χ1) is 15.3. The summed E-state index contributed by atoms with van der Waals surface area (Å²) in [5.74, 6) is 0.460. The molecule has 3 rings (SSSR count). The van der Waals surface area contributed by atoms with E-state index in [0.29, 0.717) is 24.2 Å². The largest absolute Gasteiger partial charge is 0.496 e. The van der Waals surface area contributed by atoms with E-state index in [2.05, 4.69) is 31.4 Å². The van der Waals surface area contributed by atoms with Crippen molar-refractivity contribution in [2.24, 2.45) is 0 Å². The van der Waals surface area contributed by atoms with Gasteiger partial charge in [-0.15, -0.1) is 0 Å². The van der Waals surface area contributed by atoms with Crippen molar-refractivity contribution in [1.29, 1.82) is 0 Å². The average molecular weight is 431 g/mol. The quantitative estimate of drug-likeness (QED) is 0.563. The second-order valence-corrected chi connectivity index (χ2v) is 8.70. The van der Waals surface area contributed by atoms with Gasteiger partial charge in [0.05, 0.1) is 7.11 Å². The predicted octanol–water partition coefficient (Wildman–Crippen LogP) is 4.85. The summed E-state index contributed by atoms with van der Waals surface area (Å²) in [4.78, 5) is 24.9.